The van der Waals surface area contributed by atoms with E-state index in [9.17, 15) is 4.79 Å². The summed E-state index contributed by atoms with van der Waals surface area (Å²) in [4.78, 5) is 23.1. The molecule has 0 spiro atoms. The molecule has 0 unspecified atom stereocenters. The number of hydrogen-bond acceptors (Lipinski definition) is 3. The van der Waals surface area contributed by atoms with Crippen LogP contribution in [0, 0.1) is 13.8 Å². The summed E-state index contributed by atoms with van der Waals surface area (Å²) < 4.78 is 0. The molecule has 0 amide bonds. The lowest BCUT2D eigenvalue weighted by Gasteiger charge is -2.29. The zero-order valence-corrected chi connectivity index (χ0v) is 16.0. The number of aryl methyl sites for hydroxylation is 2. The molecule has 0 radical (unpaired) electrons. The molecule has 4 nitrogen and oxygen atoms in total. The van der Waals surface area contributed by atoms with Gasteiger partial charge in [0.2, 0.25) is 0 Å². The molecule has 4 heteroatoms. The standard InChI is InChI=1S/C22H29N3O/c1-15-8-9-18(16(2)12-15)13-25-11-10-20-19(14-25)22(26)24-21(23-20)17-6-4-3-5-7-17/h8-9,12,17H,3-7,10-11,13-14H2,1-2H3,(H,23,24,26). The maximum atomic E-state index is 12.7. The van der Waals surface area contributed by atoms with E-state index in [-0.39, 0.29) is 5.56 Å². The molecule has 0 bridgehead atoms. The minimum absolute atomic E-state index is 0.0842. The maximum absolute atomic E-state index is 12.7. The second-order valence-electron chi connectivity index (χ2n) is 8.10. The molecule has 1 aromatic carbocycles. The molecule has 2 aliphatic rings. The molecule has 1 aliphatic carbocycles. The number of aromatic nitrogens is 2. The summed E-state index contributed by atoms with van der Waals surface area (Å²) in [5, 5.41) is 0. The van der Waals surface area contributed by atoms with Crippen LogP contribution in [0.25, 0.3) is 0 Å². The molecule has 1 aromatic heterocycles. The summed E-state index contributed by atoms with van der Waals surface area (Å²) in [7, 11) is 0. The lowest BCUT2D eigenvalue weighted by atomic mass is 9.88. The van der Waals surface area contributed by atoms with Gasteiger partial charge in [-0.15, -0.1) is 0 Å². The molecule has 1 fully saturated rings. The summed E-state index contributed by atoms with van der Waals surface area (Å²) >= 11 is 0. The van der Waals surface area contributed by atoms with Crippen LogP contribution in [0.15, 0.2) is 23.0 Å². The monoisotopic (exact) mass is 351 g/mol. The highest BCUT2D eigenvalue weighted by atomic mass is 16.1. The number of benzene rings is 1. The average molecular weight is 351 g/mol. The Labute approximate surface area is 155 Å². The molecular weight excluding hydrogens is 322 g/mol. The third kappa shape index (κ3) is 3.61. The van der Waals surface area contributed by atoms with E-state index >= 15 is 0 Å². The van der Waals surface area contributed by atoms with Gasteiger partial charge < -0.3 is 4.98 Å². The quantitative estimate of drug-likeness (QED) is 0.909. The van der Waals surface area contributed by atoms with Gasteiger partial charge in [-0.25, -0.2) is 4.98 Å². The number of H-pyrrole nitrogens is 1. The average Bonchev–Trinajstić information content (AvgIpc) is 2.65. The highest BCUT2D eigenvalue weighted by Crippen LogP contribution is 2.30. The van der Waals surface area contributed by atoms with Crippen molar-refractivity contribution in [2.45, 2.75) is 71.4 Å². The first kappa shape index (κ1) is 17.5. The summed E-state index contributed by atoms with van der Waals surface area (Å²) in [6.07, 6.45) is 7.05. The van der Waals surface area contributed by atoms with Gasteiger partial charge >= 0.3 is 0 Å². The van der Waals surface area contributed by atoms with Gasteiger partial charge in [-0.3, -0.25) is 9.69 Å². The fourth-order valence-electron chi connectivity index (χ4n) is 4.47. The van der Waals surface area contributed by atoms with Gasteiger partial charge in [0.05, 0.1) is 11.3 Å². The Morgan fingerprint density at radius 2 is 2.00 bits per heavy atom. The van der Waals surface area contributed by atoms with E-state index in [1.54, 1.807) is 0 Å². The third-order valence-corrected chi connectivity index (χ3v) is 6.05. The van der Waals surface area contributed by atoms with Crippen LogP contribution in [0.3, 0.4) is 0 Å². The lowest BCUT2D eigenvalue weighted by Crippen LogP contribution is -2.36. The number of aromatic amines is 1. The van der Waals surface area contributed by atoms with Crippen molar-refractivity contribution in [1.82, 2.24) is 14.9 Å². The molecule has 26 heavy (non-hydrogen) atoms. The fraction of sp³-hybridized carbons (Fsp3) is 0.545. The van der Waals surface area contributed by atoms with Gasteiger partial charge in [0, 0.05) is 32.0 Å². The van der Waals surface area contributed by atoms with E-state index in [0.717, 1.165) is 36.6 Å². The number of nitrogens with zero attached hydrogens (tertiary/aromatic N) is 2. The van der Waals surface area contributed by atoms with Crippen molar-refractivity contribution in [2.24, 2.45) is 0 Å². The zero-order chi connectivity index (χ0) is 18.1. The van der Waals surface area contributed by atoms with E-state index < -0.39 is 0 Å². The highest BCUT2D eigenvalue weighted by molar-refractivity contribution is 5.31. The Morgan fingerprint density at radius 3 is 2.77 bits per heavy atom. The van der Waals surface area contributed by atoms with Gasteiger partial charge in [-0.1, -0.05) is 43.0 Å². The molecule has 0 saturated heterocycles. The molecule has 2 heterocycles. The fourth-order valence-corrected chi connectivity index (χ4v) is 4.47. The Kier molecular flexibility index (Phi) is 4.94. The first-order valence-corrected chi connectivity index (χ1v) is 10.0. The molecule has 138 valence electrons. The van der Waals surface area contributed by atoms with Crippen LogP contribution in [0.5, 0.6) is 0 Å². The van der Waals surface area contributed by atoms with Crippen molar-refractivity contribution < 1.29 is 0 Å². The second-order valence-corrected chi connectivity index (χ2v) is 8.10. The van der Waals surface area contributed by atoms with Gasteiger partial charge in [-0.05, 0) is 37.8 Å². The second kappa shape index (κ2) is 7.36. The first-order chi connectivity index (χ1) is 12.6. The normalized spacial score (nSPS) is 18.7. The minimum Gasteiger partial charge on any atom is -0.310 e. The van der Waals surface area contributed by atoms with E-state index in [1.165, 1.54) is 48.8 Å². The van der Waals surface area contributed by atoms with Crippen LogP contribution in [0.2, 0.25) is 0 Å². The molecule has 1 N–H and O–H groups in total. The predicted molar refractivity (Wildman–Crippen MR) is 104 cm³/mol. The SMILES string of the molecule is Cc1ccc(CN2CCc3nc(C4CCCCC4)[nH]c(=O)c3C2)c(C)c1. The highest BCUT2D eigenvalue weighted by Gasteiger charge is 2.24. The molecule has 4 rings (SSSR count). The van der Waals surface area contributed by atoms with Crippen LogP contribution in [0.4, 0.5) is 0 Å². The van der Waals surface area contributed by atoms with Crippen molar-refractivity contribution in [2.75, 3.05) is 6.54 Å². The Hall–Kier alpha value is -1.94. The molecular formula is C22H29N3O. The third-order valence-electron chi connectivity index (χ3n) is 6.05. The molecule has 0 atom stereocenters. The van der Waals surface area contributed by atoms with Crippen LogP contribution >= 0.6 is 0 Å². The molecule has 2 aromatic rings. The van der Waals surface area contributed by atoms with Crippen molar-refractivity contribution in [3.63, 3.8) is 0 Å². The van der Waals surface area contributed by atoms with Gasteiger partial charge in [0.25, 0.3) is 5.56 Å². The predicted octanol–water partition coefficient (Wildman–Crippen LogP) is 3.99. The van der Waals surface area contributed by atoms with E-state index in [2.05, 4.69) is 41.9 Å². The van der Waals surface area contributed by atoms with Crippen molar-refractivity contribution in [1.29, 1.82) is 0 Å². The number of nitrogens with one attached hydrogen (secondary N) is 1. The van der Waals surface area contributed by atoms with Crippen molar-refractivity contribution in [3.05, 3.63) is 62.3 Å². The summed E-state index contributed by atoms with van der Waals surface area (Å²) in [5.41, 5.74) is 5.97. The Balaban J connectivity index is 1.52. The lowest BCUT2D eigenvalue weighted by molar-refractivity contribution is 0.240. The van der Waals surface area contributed by atoms with Gasteiger partial charge in [0.15, 0.2) is 0 Å². The van der Waals surface area contributed by atoms with Crippen LogP contribution < -0.4 is 5.56 Å². The van der Waals surface area contributed by atoms with Gasteiger partial charge in [0.1, 0.15) is 5.82 Å². The Morgan fingerprint density at radius 1 is 1.19 bits per heavy atom. The van der Waals surface area contributed by atoms with Crippen molar-refractivity contribution in [3.8, 4) is 0 Å². The smallest absolute Gasteiger partial charge is 0.255 e. The van der Waals surface area contributed by atoms with E-state index in [1.807, 2.05) is 0 Å². The number of rotatable bonds is 3. The summed E-state index contributed by atoms with van der Waals surface area (Å²) in [5.74, 6) is 1.39. The zero-order valence-electron chi connectivity index (χ0n) is 16.0. The minimum atomic E-state index is 0.0842. The van der Waals surface area contributed by atoms with Crippen molar-refractivity contribution >= 4 is 0 Å². The maximum Gasteiger partial charge on any atom is 0.255 e. The summed E-state index contributed by atoms with van der Waals surface area (Å²) in [6.45, 7) is 6.88. The number of fused-ring (bicyclic) bond motifs is 1. The van der Waals surface area contributed by atoms with Crippen LogP contribution in [0.1, 0.15) is 71.8 Å². The molecule has 1 saturated carbocycles. The van der Waals surface area contributed by atoms with E-state index in [0.29, 0.717) is 12.5 Å². The Bertz CT molecular complexity index is 849. The molecule has 1 aliphatic heterocycles. The largest absolute Gasteiger partial charge is 0.310 e. The number of hydrogen-bond donors (Lipinski definition) is 1. The van der Waals surface area contributed by atoms with Crippen LogP contribution in [-0.2, 0) is 19.5 Å². The topological polar surface area (TPSA) is 49.0 Å². The first-order valence-electron chi connectivity index (χ1n) is 10.0. The van der Waals surface area contributed by atoms with E-state index in [4.69, 9.17) is 4.98 Å². The summed E-state index contributed by atoms with van der Waals surface area (Å²) in [6, 6.07) is 6.62. The van der Waals surface area contributed by atoms with Gasteiger partial charge in [-0.2, -0.15) is 0 Å². The van der Waals surface area contributed by atoms with Crippen LogP contribution in [-0.4, -0.2) is 21.4 Å².